The number of rotatable bonds is 4. The molecule has 104 valence electrons. The quantitative estimate of drug-likeness (QED) is 0.410. The SMILES string of the molecule is O=C(OCCN1CCCCC1)c1ccc([O-])c([O-])c1.[Na+].[Na+]. The fraction of sp³-hybridized carbons (Fsp3) is 0.500. The van der Waals surface area contributed by atoms with Gasteiger partial charge in [0, 0.05) is 6.54 Å². The van der Waals surface area contributed by atoms with Crippen LogP contribution in [-0.2, 0) is 4.74 Å². The fourth-order valence-corrected chi connectivity index (χ4v) is 2.17. The molecule has 1 fully saturated rings. The maximum Gasteiger partial charge on any atom is 1.00 e. The normalized spacial score (nSPS) is 14.7. The van der Waals surface area contributed by atoms with E-state index in [1.807, 2.05) is 0 Å². The summed E-state index contributed by atoms with van der Waals surface area (Å²) in [7, 11) is 0. The number of hydrogen-bond acceptors (Lipinski definition) is 5. The number of carbonyl (C=O) groups is 1. The molecule has 5 nitrogen and oxygen atoms in total. The summed E-state index contributed by atoms with van der Waals surface area (Å²) in [5, 5.41) is 22.1. The van der Waals surface area contributed by atoms with Gasteiger partial charge in [0.2, 0.25) is 0 Å². The van der Waals surface area contributed by atoms with E-state index in [9.17, 15) is 15.0 Å². The Bertz CT molecular complexity index is 451. The second-order valence-corrected chi connectivity index (χ2v) is 4.70. The van der Waals surface area contributed by atoms with Gasteiger partial charge in [0.25, 0.3) is 0 Å². The average molecular weight is 309 g/mol. The third-order valence-electron chi connectivity index (χ3n) is 3.27. The van der Waals surface area contributed by atoms with Gasteiger partial charge in [-0.15, -0.1) is 11.5 Å². The number of nitrogens with zero attached hydrogens (tertiary/aromatic N) is 1. The van der Waals surface area contributed by atoms with Crippen LogP contribution in [0.5, 0.6) is 11.5 Å². The summed E-state index contributed by atoms with van der Waals surface area (Å²) < 4.78 is 5.10. The van der Waals surface area contributed by atoms with Crippen LogP contribution in [0.1, 0.15) is 29.6 Å². The molecule has 7 heteroatoms. The Balaban J connectivity index is 0.00000200. The average Bonchev–Trinajstić information content (AvgIpc) is 2.43. The molecule has 0 saturated carbocycles. The van der Waals surface area contributed by atoms with Gasteiger partial charge in [-0.25, -0.2) is 4.79 Å². The van der Waals surface area contributed by atoms with Crippen molar-refractivity contribution >= 4 is 5.97 Å². The van der Waals surface area contributed by atoms with Crippen LogP contribution in [0.15, 0.2) is 18.2 Å². The zero-order valence-corrected chi connectivity index (χ0v) is 16.8. The zero-order valence-electron chi connectivity index (χ0n) is 12.8. The van der Waals surface area contributed by atoms with Crippen LogP contribution in [0.4, 0.5) is 0 Å². The molecule has 0 bridgehead atoms. The predicted octanol–water partition coefficient (Wildman–Crippen LogP) is -5.52. The van der Waals surface area contributed by atoms with E-state index in [-0.39, 0.29) is 64.7 Å². The van der Waals surface area contributed by atoms with Gasteiger partial charge in [0.15, 0.2) is 0 Å². The maximum absolute atomic E-state index is 11.7. The van der Waals surface area contributed by atoms with Gasteiger partial charge in [-0.1, -0.05) is 18.6 Å². The molecular weight excluding hydrogens is 292 g/mol. The zero-order chi connectivity index (χ0) is 13.7. The first kappa shape index (κ1) is 21.2. The molecule has 0 N–H and O–H groups in total. The van der Waals surface area contributed by atoms with Gasteiger partial charge < -0.3 is 14.9 Å². The molecule has 1 aliphatic heterocycles. The molecule has 0 unspecified atom stereocenters. The Morgan fingerprint density at radius 1 is 1.10 bits per heavy atom. The first-order valence-corrected chi connectivity index (χ1v) is 6.54. The monoisotopic (exact) mass is 309 g/mol. The Hall–Kier alpha value is 0.250. The number of benzene rings is 1. The molecule has 1 aromatic carbocycles. The molecule has 1 saturated heterocycles. The van der Waals surface area contributed by atoms with Crippen molar-refractivity contribution in [3.05, 3.63) is 23.8 Å². The summed E-state index contributed by atoms with van der Waals surface area (Å²) in [6.45, 7) is 3.13. The van der Waals surface area contributed by atoms with Crippen LogP contribution in [-0.4, -0.2) is 37.1 Å². The standard InChI is InChI=1S/C14H19NO4.2Na/c16-12-5-4-11(10-13(12)17)14(18)19-9-8-15-6-2-1-3-7-15;;/h4-5,10,16-17H,1-3,6-9H2;;/q;2*+1/p-2. The number of hydrogen-bond donors (Lipinski definition) is 0. The second kappa shape index (κ2) is 10.9. The van der Waals surface area contributed by atoms with Crippen molar-refractivity contribution in [3.8, 4) is 11.5 Å². The largest absolute Gasteiger partial charge is 1.00 e. The van der Waals surface area contributed by atoms with Crippen molar-refractivity contribution in [3.63, 3.8) is 0 Å². The molecule has 21 heavy (non-hydrogen) atoms. The van der Waals surface area contributed by atoms with Crippen LogP contribution in [0.2, 0.25) is 0 Å². The Morgan fingerprint density at radius 2 is 1.76 bits per heavy atom. The molecule has 0 aliphatic carbocycles. The van der Waals surface area contributed by atoms with Gasteiger partial charge in [-0.3, -0.25) is 4.90 Å². The molecule has 0 radical (unpaired) electrons. The Labute approximate surface area is 169 Å². The summed E-state index contributed by atoms with van der Waals surface area (Å²) >= 11 is 0. The fourth-order valence-electron chi connectivity index (χ4n) is 2.17. The van der Waals surface area contributed by atoms with Crippen molar-refractivity contribution in [2.75, 3.05) is 26.2 Å². The van der Waals surface area contributed by atoms with E-state index in [4.69, 9.17) is 4.74 Å². The van der Waals surface area contributed by atoms with E-state index in [1.165, 1.54) is 25.3 Å². The van der Waals surface area contributed by atoms with Crippen LogP contribution in [0.25, 0.3) is 0 Å². The van der Waals surface area contributed by atoms with Crippen LogP contribution >= 0.6 is 0 Å². The summed E-state index contributed by atoms with van der Waals surface area (Å²) in [6, 6.07) is 3.46. The van der Waals surface area contributed by atoms with Gasteiger partial charge in [-0.05, 0) is 32.0 Å². The van der Waals surface area contributed by atoms with Gasteiger partial charge in [0.05, 0.1) is 5.56 Å². The van der Waals surface area contributed by atoms with Crippen molar-refractivity contribution in [1.29, 1.82) is 0 Å². The molecule has 1 aliphatic rings. The Kier molecular flexibility index (Phi) is 11.0. The van der Waals surface area contributed by atoms with Crippen LogP contribution < -0.4 is 69.3 Å². The van der Waals surface area contributed by atoms with Crippen molar-refractivity contribution in [1.82, 2.24) is 4.90 Å². The summed E-state index contributed by atoms with van der Waals surface area (Å²) in [4.78, 5) is 13.9. The smallest absolute Gasteiger partial charge is 0.873 e. The molecule has 0 amide bonds. The van der Waals surface area contributed by atoms with E-state index in [0.29, 0.717) is 6.61 Å². The molecule has 0 spiro atoms. The number of carbonyl (C=O) groups excluding carboxylic acids is 1. The van der Waals surface area contributed by atoms with Crippen molar-refractivity contribution in [2.45, 2.75) is 19.3 Å². The summed E-state index contributed by atoms with van der Waals surface area (Å²) in [6.07, 6.45) is 3.65. The molecule has 0 atom stereocenters. The van der Waals surface area contributed by atoms with E-state index < -0.39 is 17.5 Å². The number of esters is 1. The van der Waals surface area contributed by atoms with Crippen LogP contribution in [0.3, 0.4) is 0 Å². The third kappa shape index (κ3) is 6.91. The molecular formula is C14H17NNa2O4. The maximum atomic E-state index is 11.7. The van der Waals surface area contributed by atoms with Crippen molar-refractivity contribution in [2.24, 2.45) is 0 Å². The van der Waals surface area contributed by atoms with Crippen LogP contribution in [0, 0.1) is 0 Å². The van der Waals surface area contributed by atoms with E-state index in [2.05, 4.69) is 4.90 Å². The van der Waals surface area contributed by atoms with E-state index in [0.717, 1.165) is 31.8 Å². The molecule has 1 heterocycles. The first-order valence-electron chi connectivity index (χ1n) is 6.54. The van der Waals surface area contributed by atoms with Gasteiger partial charge >= 0.3 is 65.1 Å². The summed E-state index contributed by atoms with van der Waals surface area (Å²) in [5.41, 5.74) is 0.142. The van der Waals surface area contributed by atoms with E-state index >= 15 is 0 Å². The molecule has 0 aromatic heterocycles. The second-order valence-electron chi connectivity index (χ2n) is 4.70. The third-order valence-corrected chi connectivity index (χ3v) is 3.27. The van der Waals surface area contributed by atoms with Gasteiger partial charge in [-0.2, -0.15) is 0 Å². The molecule has 2 rings (SSSR count). The first-order chi connectivity index (χ1) is 9.16. The van der Waals surface area contributed by atoms with E-state index in [1.54, 1.807) is 0 Å². The number of likely N-dealkylation sites (tertiary alicyclic amines) is 1. The van der Waals surface area contributed by atoms with Crippen molar-refractivity contribution < 1.29 is 78.9 Å². The minimum absolute atomic E-state index is 0. The topological polar surface area (TPSA) is 75.7 Å². The van der Waals surface area contributed by atoms with Gasteiger partial charge in [0.1, 0.15) is 6.61 Å². The Morgan fingerprint density at radius 3 is 2.38 bits per heavy atom. The number of piperidine rings is 1. The number of ether oxygens (including phenoxy) is 1. The minimum atomic E-state index is -0.675. The summed E-state index contributed by atoms with van der Waals surface area (Å²) in [5.74, 6) is -1.83. The molecule has 1 aromatic rings. The minimum Gasteiger partial charge on any atom is -0.873 e. The predicted molar refractivity (Wildman–Crippen MR) is 65.9 cm³/mol.